The van der Waals surface area contributed by atoms with Gasteiger partial charge in [-0.05, 0) is 12.1 Å². The van der Waals surface area contributed by atoms with Crippen molar-refractivity contribution in [2.24, 2.45) is 5.73 Å². The van der Waals surface area contributed by atoms with Gasteiger partial charge in [0.25, 0.3) is 0 Å². The first kappa shape index (κ1) is 9.49. The fraction of sp³-hybridized carbons (Fsp3) is 0.455. The molecule has 1 saturated heterocycles. The normalized spacial score (nSPS) is 26.9. The number of anilines is 1. The molecule has 1 heterocycles. The lowest BCUT2D eigenvalue weighted by molar-refractivity contribution is 0.108. The van der Waals surface area contributed by atoms with Crippen molar-refractivity contribution in [1.29, 1.82) is 0 Å². The summed E-state index contributed by atoms with van der Waals surface area (Å²) in [6.07, 6.45) is 0.162. The van der Waals surface area contributed by atoms with Crippen LogP contribution in [0.3, 0.4) is 0 Å². The van der Waals surface area contributed by atoms with Gasteiger partial charge in [-0.2, -0.15) is 0 Å². The minimum atomic E-state index is 0.125. The molecule has 1 aliphatic heterocycles. The highest BCUT2D eigenvalue weighted by molar-refractivity contribution is 5.47. The number of nitrogens with zero attached hydrogens (tertiary/aromatic N) is 1. The summed E-state index contributed by atoms with van der Waals surface area (Å²) in [7, 11) is 1.72. The van der Waals surface area contributed by atoms with Crippen LogP contribution < -0.4 is 10.6 Å². The maximum atomic E-state index is 5.95. The molecule has 2 atom stereocenters. The smallest absolute Gasteiger partial charge is 0.0913 e. The summed E-state index contributed by atoms with van der Waals surface area (Å²) in [5.41, 5.74) is 7.18. The van der Waals surface area contributed by atoms with E-state index in [0.717, 1.165) is 13.1 Å². The quantitative estimate of drug-likeness (QED) is 0.755. The zero-order valence-corrected chi connectivity index (χ0v) is 8.39. The van der Waals surface area contributed by atoms with Gasteiger partial charge >= 0.3 is 0 Å². The van der Waals surface area contributed by atoms with Crippen LogP contribution in [0.4, 0.5) is 5.69 Å². The second-order valence-corrected chi connectivity index (χ2v) is 3.68. The molecule has 76 valence electrons. The van der Waals surface area contributed by atoms with Gasteiger partial charge in [-0.3, -0.25) is 0 Å². The van der Waals surface area contributed by atoms with Crippen LogP contribution >= 0.6 is 0 Å². The first-order chi connectivity index (χ1) is 6.81. The number of hydrogen-bond donors (Lipinski definition) is 1. The Morgan fingerprint density at radius 3 is 2.57 bits per heavy atom. The number of benzene rings is 1. The van der Waals surface area contributed by atoms with Crippen molar-refractivity contribution in [1.82, 2.24) is 0 Å². The minimum absolute atomic E-state index is 0.125. The van der Waals surface area contributed by atoms with E-state index >= 15 is 0 Å². The van der Waals surface area contributed by atoms with Crippen molar-refractivity contribution in [3.63, 3.8) is 0 Å². The van der Waals surface area contributed by atoms with Gasteiger partial charge in [-0.25, -0.2) is 0 Å². The van der Waals surface area contributed by atoms with E-state index in [9.17, 15) is 0 Å². The second-order valence-electron chi connectivity index (χ2n) is 3.68. The van der Waals surface area contributed by atoms with E-state index in [0.29, 0.717) is 0 Å². The zero-order chi connectivity index (χ0) is 9.97. The molecule has 0 amide bonds. The van der Waals surface area contributed by atoms with E-state index in [1.165, 1.54) is 5.69 Å². The molecular weight excluding hydrogens is 176 g/mol. The SMILES string of the molecule is COC1CN(c2ccccc2)CC1N. The predicted octanol–water partition coefficient (Wildman–Crippen LogP) is 0.849. The third-order valence-corrected chi connectivity index (χ3v) is 2.73. The molecule has 1 aromatic rings. The van der Waals surface area contributed by atoms with Gasteiger partial charge < -0.3 is 15.4 Å². The third kappa shape index (κ3) is 1.74. The van der Waals surface area contributed by atoms with Crippen LogP contribution in [0.5, 0.6) is 0 Å². The van der Waals surface area contributed by atoms with Crippen LogP contribution in [-0.2, 0) is 4.74 Å². The third-order valence-electron chi connectivity index (χ3n) is 2.73. The minimum Gasteiger partial charge on any atom is -0.378 e. The van der Waals surface area contributed by atoms with Gasteiger partial charge in [0.1, 0.15) is 0 Å². The average molecular weight is 192 g/mol. The van der Waals surface area contributed by atoms with Gasteiger partial charge in [0.15, 0.2) is 0 Å². The van der Waals surface area contributed by atoms with Crippen LogP contribution in [0.1, 0.15) is 0 Å². The van der Waals surface area contributed by atoms with Crippen molar-refractivity contribution in [2.45, 2.75) is 12.1 Å². The van der Waals surface area contributed by atoms with Gasteiger partial charge in [0, 0.05) is 25.9 Å². The fourth-order valence-electron chi connectivity index (χ4n) is 1.90. The van der Waals surface area contributed by atoms with E-state index in [2.05, 4.69) is 17.0 Å². The molecule has 14 heavy (non-hydrogen) atoms. The van der Waals surface area contributed by atoms with E-state index < -0.39 is 0 Å². The van der Waals surface area contributed by atoms with E-state index in [1.54, 1.807) is 7.11 Å². The van der Waals surface area contributed by atoms with Crippen LogP contribution in [0.2, 0.25) is 0 Å². The molecule has 0 spiro atoms. The molecule has 3 nitrogen and oxygen atoms in total. The van der Waals surface area contributed by atoms with Gasteiger partial charge in [-0.1, -0.05) is 18.2 Å². The molecular formula is C11H16N2O. The van der Waals surface area contributed by atoms with Gasteiger partial charge in [-0.15, -0.1) is 0 Å². The first-order valence-electron chi connectivity index (χ1n) is 4.89. The number of nitrogens with two attached hydrogens (primary N) is 1. The van der Waals surface area contributed by atoms with Crippen molar-refractivity contribution >= 4 is 5.69 Å². The Labute approximate surface area is 84.5 Å². The Bertz CT molecular complexity index is 289. The lowest BCUT2D eigenvalue weighted by Gasteiger charge is -2.17. The summed E-state index contributed by atoms with van der Waals surface area (Å²) in [5.74, 6) is 0. The summed E-state index contributed by atoms with van der Waals surface area (Å²) < 4.78 is 5.31. The summed E-state index contributed by atoms with van der Waals surface area (Å²) in [6.45, 7) is 1.77. The molecule has 0 radical (unpaired) electrons. The molecule has 3 heteroatoms. The number of rotatable bonds is 2. The second kappa shape index (κ2) is 3.98. The predicted molar refractivity (Wildman–Crippen MR) is 57.4 cm³/mol. The lowest BCUT2D eigenvalue weighted by Crippen LogP contribution is -2.34. The van der Waals surface area contributed by atoms with Crippen LogP contribution in [-0.4, -0.2) is 32.3 Å². The number of methoxy groups -OCH3 is 1. The van der Waals surface area contributed by atoms with Crippen molar-refractivity contribution in [3.8, 4) is 0 Å². The largest absolute Gasteiger partial charge is 0.378 e. The van der Waals surface area contributed by atoms with Crippen LogP contribution in [0, 0.1) is 0 Å². The zero-order valence-electron chi connectivity index (χ0n) is 8.39. The Morgan fingerprint density at radius 2 is 2.00 bits per heavy atom. The molecule has 0 aliphatic carbocycles. The van der Waals surface area contributed by atoms with E-state index in [-0.39, 0.29) is 12.1 Å². The molecule has 0 aromatic heterocycles. The average Bonchev–Trinajstić information content (AvgIpc) is 2.61. The summed E-state index contributed by atoms with van der Waals surface area (Å²) in [4.78, 5) is 2.26. The highest BCUT2D eigenvalue weighted by Gasteiger charge is 2.29. The number of ether oxygens (including phenoxy) is 1. The summed E-state index contributed by atoms with van der Waals surface area (Å²) in [5, 5.41) is 0. The molecule has 2 N–H and O–H groups in total. The molecule has 2 rings (SSSR count). The van der Waals surface area contributed by atoms with Crippen LogP contribution in [0.15, 0.2) is 30.3 Å². The Hall–Kier alpha value is -1.06. The number of para-hydroxylation sites is 1. The molecule has 2 unspecified atom stereocenters. The number of hydrogen-bond acceptors (Lipinski definition) is 3. The topological polar surface area (TPSA) is 38.5 Å². The van der Waals surface area contributed by atoms with Gasteiger partial charge in [0.2, 0.25) is 0 Å². The van der Waals surface area contributed by atoms with E-state index in [1.807, 2.05) is 18.2 Å². The van der Waals surface area contributed by atoms with Crippen molar-refractivity contribution in [2.75, 3.05) is 25.1 Å². The molecule has 1 aliphatic rings. The summed E-state index contributed by atoms with van der Waals surface area (Å²) >= 11 is 0. The van der Waals surface area contributed by atoms with Crippen molar-refractivity contribution < 1.29 is 4.74 Å². The molecule has 1 fully saturated rings. The fourth-order valence-corrected chi connectivity index (χ4v) is 1.90. The Kier molecular flexibility index (Phi) is 2.70. The Morgan fingerprint density at radius 1 is 1.29 bits per heavy atom. The molecule has 0 bridgehead atoms. The van der Waals surface area contributed by atoms with Crippen molar-refractivity contribution in [3.05, 3.63) is 30.3 Å². The maximum absolute atomic E-state index is 5.95. The highest BCUT2D eigenvalue weighted by Crippen LogP contribution is 2.20. The van der Waals surface area contributed by atoms with Gasteiger partial charge in [0.05, 0.1) is 12.1 Å². The first-order valence-corrected chi connectivity index (χ1v) is 4.89. The van der Waals surface area contributed by atoms with E-state index in [4.69, 9.17) is 10.5 Å². The highest BCUT2D eigenvalue weighted by atomic mass is 16.5. The molecule has 0 saturated carbocycles. The molecule has 1 aromatic carbocycles. The summed E-state index contributed by atoms with van der Waals surface area (Å²) in [6, 6.07) is 10.4. The Balaban J connectivity index is 2.09. The lowest BCUT2D eigenvalue weighted by atomic mass is 10.2. The monoisotopic (exact) mass is 192 g/mol. The maximum Gasteiger partial charge on any atom is 0.0913 e. The van der Waals surface area contributed by atoms with Crippen LogP contribution in [0.25, 0.3) is 0 Å². The standard InChI is InChI=1S/C11H16N2O/c1-14-11-8-13(7-10(11)12)9-5-3-2-4-6-9/h2-6,10-11H,7-8,12H2,1H3.